The molecule has 2 aromatic rings. The van der Waals surface area contributed by atoms with Gasteiger partial charge in [-0.2, -0.15) is 0 Å². The number of pyridine rings is 1. The van der Waals surface area contributed by atoms with Gasteiger partial charge in [0.05, 0.1) is 26.0 Å². The highest BCUT2D eigenvalue weighted by molar-refractivity contribution is 9.10. The van der Waals surface area contributed by atoms with Crippen molar-refractivity contribution < 1.29 is 9.47 Å². The van der Waals surface area contributed by atoms with Gasteiger partial charge in [-0.25, -0.2) is 0 Å². The zero-order valence-corrected chi connectivity index (χ0v) is 16.5. The van der Waals surface area contributed by atoms with Crippen LogP contribution in [0.25, 0.3) is 0 Å². The largest absolute Gasteiger partial charge is 0.493 e. The Kier molecular flexibility index (Phi) is 5.93. The molecule has 0 radical (unpaired) electrons. The third kappa shape index (κ3) is 3.97. The van der Waals surface area contributed by atoms with Crippen LogP contribution >= 0.6 is 15.9 Å². The lowest BCUT2D eigenvalue weighted by Gasteiger charge is -2.35. The molecule has 0 amide bonds. The lowest BCUT2D eigenvalue weighted by Crippen LogP contribution is -2.45. The van der Waals surface area contributed by atoms with Crippen molar-refractivity contribution in [1.29, 1.82) is 0 Å². The first kappa shape index (κ1) is 18.2. The first-order valence-electron chi connectivity index (χ1n) is 8.42. The Balaban J connectivity index is 2.09. The van der Waals surface area contributed by atoms with E-state index in [2.05, 4.69) is 51.3 Å². The van der Waals surface area contributed by atoms with Crippen molar-refractivity contribution >= 4 is 15.9 Å². The van der Waals surface area contributed by atoms with Gasteiger partial charge < -0.3 is 14.8 Å². The number of rotatable bonds is 5. The normalized spacial score (nSPS) is 16.5. The molecule has 0 saturated carbocycles. The van der Waals surface area contributed by atoms with Crippen LogP contribution in [0.15, 0.2) is 34.9 Å². The molecule has 1 atom stereocenters. The van der Waals surface area contributed by atoms with E-state index in [1.54, 1.807) is 14.2 Å². The highest BCUT2D eigenvalue weighted by atomic mass is 79.9. The van der Waals surface area contributed by atoms with Crippen molar-refractivity contribution in [3.05, 3.63) is 51.8 Å². The van der Waals surface area contributed by atoms with E-state index in [-0.39, 0.29) is 6.04 Å². The minimum atomic E-state index is 0.0666. The van der Waals surface area contributed by atoms with E-state index in [9.17, 15) is 0 Å². The summed E-state index contributed by atoms with van der Waals surface area (Å²) in [5, 5.41) is 3.42. The molecule has 5 nitrogen and oxygen atoms in total. The van der Waals surface area contributed by atoms with Gasteiger partial charge in [-0.3, -0.25) is 9.88 Å². The van der Waals surface area contributed by atoms with E-state index in [1.807, 2.05) is 12.3 Å². The second kappa shape index (κ2) is 8.17. The number of ether oxygens (including phenoxy) is 2. The quantitative estimate of drug-likeness (QED) is 0.827. The molecule has 1 N–H and O–H groups in total. The molecule has 0 bridgehead atoms. The van der Waals surface area contributed by atoms with E-state index in [4.69, 9.17) is 14.5 Å². The maximum atomic E-state index is 5.53. The molecule has 0 spiro atoms. The molecular weight excluding hydrogens is 382 g/mol. The van der Waals surface area contributed by atoms with E-state index in [0.29, 0.717) is 5.75 Å². The average Bonchev–Trinajstić information content (AvgIpc) is 2.65. The van der Waals surface area contributed by atoms with Crippen LogP contribution in [0.2, 0.25) is 0 Å². The summed E-state index contributed by atoms with van der Waals surface area (Å²) in [6.07, 6.45) is 1.93. The van der Waals surface area contributed by atoms with Crippen molar-refractivity contribution in [2.75, 3.05) is 40.4 Å². The second-order valence-corrected chi connectivity index (χ2v) is 7.03. The number of nitrogens with zero attached hydrogens (tertiary/aromatic N) is 2. The van der Waals surface area contributed by atoms with Gasteiger partial charge in [0.15, 0.2) is 11.5 Å². The minimum Gasteiger partial charge on any atom is -0.493 e. The zero-order chi connectivity index (χ0) is 17.8. The van der Waals surface area contributed by atoms with Gasteiger partial charge >= 0.3 is 0 Å². The van der Waals surface area contributed by atoms with Crippen LogP contribution in [0, 0.1) is 6.92 Å². The molecule has 1 aliphatic rings. The molecule has 1 aromatic carbocycles. The molecule has 25 heavy (non-hydrogen) atoms. The average molecular weight is 406 g/mol. The monoisotopic (exact) mass is 405 g/mol. The van der Waals surface area contributed by atoms with E-state index in [1.165, 1.54) is 0 Å². The first-order chi connectivity index (χ1) is 12.1. The van der Waals surface area contributed by atoms with Crippen LogP contribution < -0.4 is 14.8 Å². The van der Waals surface area contributed by atoms with Crippen LogP contribution in [-0.4, -0.2) is 50.3 Å². The van der Waals surface area contributed by atoms with Gasteiger partial charge in [-0.05, 0) is 36.2 Å². The number of piperazine rings is 1. The van der Waals surface area contributed by atoms with Gasteiger partial charge in [0.2, 0.25) is 0 Å². The molecule has 1 aromatic heterocycles. The predicted octanol–water partition coefficient (Wildman–Crippen LogP) is 3.16. The second-order valence-electron chi connectivity index (χ2n) is 6.18. The number of hydrogen-bond donors (Lipinski definition) is 1. The van der Waals surface area contributed by atoms with Crippen LogP contribution in [0.5, 0.6) is 11.5 Å². The van der Waals surface area contributed by atoms with Crippen molar-refractivity contribution in [3.63, 3.8) is 0 Å². The zero-order valence-electron chi connectivity index (χ0n) is 14.9. The SMILES string of the molecule is COc1cc(Br)c(C(c2ccc(C)cn2)N2CCNCC2)cc1OC. The molecule has 2 heterocycles. The number of aryl methyl sites for hydroxylation is 1. The van der Waals surface area contributed by atoms with Crippen molar-refractivity contribution in [2.24, 2.45) is 0 Å². The van der Waals surface area contributed by atoms with Crippen molar-refractivity contribution in [3.8, 4) is 11.5 Å². The molecular formula is C19H24BrN3O2. The van der Waals surface area contributed by atoms with Gasteiger partial charge in [-0.15, -0.1) is 0 Å². The summed E-state index contributed by atoms with van der Waals surface area (Å²) >= 11 is 3.72. The molecule has 1 fully saturated rings. The Hall–Kier alpha value is -1.63. The van der Waals surface area contributed by atoms with Crippen LogP contribution in [0.3, 0.4) is 0 Å². The molecule has 0 aliphatic carbocycles. The fourth-order valence-corrected chi connectivity index (χ4v) is 3.74. The molecule has 3 rings (SSSR count). The number of methoxy groups -OCH3 is 2. The third-order valence-electron chi connectivity index (χ3n) is 4.53. The number of nitrogens with one attached hydrogen (secondary N) is 1. The van der Waals surface area contributed by atoms with Crippen molar-refractivity contribution in [1.82, 2.24) is 15.2 Å². The molecule has 6 heteroatoms. The van der Waals surface area contributed by atoms with Crippen LogP contribution in [0.1, 0.15) is 22.9 Å². The van der Waals surface area contributed by atoms with Crippen LogP contribution in [0.4, 0.5) is 0 Å². The standard InChI is InChI=1S/C19H24BrN3O2/c1-13-4-5-16(22-12-13)19(23-8-6-21-7-9-23)14-10-17(24-2)18(25-3)11-15(14)20/h4-5,10-12,19,21H,6-9H2,1-3H3. The summed E-state index contributed by atoms with van der Waals surface area (Å²) in [5.74, 6) is 1.45. The Morgan fingerprint density at radius 2 is 1.80 bits per heavy atom. The van der Waals surface area contributed by atoms with E-state index < -0.39 is 0 Å². The topological polar surface area (TPSA) is 46.6 Å². The Bertz CT molecular complexity index is 715. The Morgan fingerprint density at radius 3 is 2.40 bits per heavy atom. The minimum absolute atomic E-state index is 0.0666. The number of aromatic nitrogens is 1. The molecule has 1 unspecified atom stereocenters. The summed E-state index contributed by atoms with van der Waals surface area (Å²) < 4.78 is 11.9. The number of halogens is 1. The van der Waals surface area contributed by atoms with Gasteiger partial charge in [0.1, 0.15) is 0 Å². The number of benzene rings is 1. The Labute approximate surface area is 157 Å². The van der Waals surface area contributed by atoms with Crippen LogP contribution in [-0.2, 0) is 0 Å². The third-order valence-corrected chi connectivity index (χ3v) is 5.22. The first-order valence-corrected chi connectivity index (χ1v) is 9.22. The Morgan fingerprint density at radius 1 is 1.12 bits per heavy atom. The maximum Gasteiger partial charge on any atom is 0.161 e. The smallest absolute Gasteiger partial charge is 0.161 e. The summed E-state index contributed by atoms with van der Waals surface area (Å²) in [6, 6.07) is 8.32. The fourth-order valence-electron chi connectivity index (χ4n) is 3.20. The molecule has 1 aliphatic heterocycles. The highest BCUT2D eigenvalue weighted by Crippen LogP contribution is 2.40. The lowest BCUT2D eigenvalue weighted by molar-refractivity contribution is 0.194. The summed E-state index contributed by atoms with van der Waals surface area (Å²) in [7, 11) is 3.32. The highest BCUT2D eigenvalue weighted by Gasteiger charge is 2.28. The van der Waals surface area contributed by atoms with Crippen molar-refractivity contribution in [2.45, 2.75) is 13.0 Å². The predicted molar refractivity (Wildman–Crippen MR) is 103 cm³/mol. The van der Waals surface area contributed by atoms with Gasteiger partial charge in [-0.1, -0.05) is 22.0 Å². The summed E-state index contributed by atoms with van der Waals surface area (Å²) in [6.45, 7) is 5.96. The fraction of sp³-hybridized carbons (Fsp3) is 0.421. The van der Waals surface area contributed by atoms with E-state index >= 15 is 0 Å². The summed E-state index contributed by atoms with van der Waals surface area (Å²) in [4.78, 5) is 7.17. The lowest BCUT2D eigenvalue weighted by atomic mass is 9.99. The van der Waals surface area contributed by atoms with E-state index in [0.717, 1.165) is 53.2 Å². The van der Waals surface area contributed by atoms with Gasteiger partial charge in [0, 0.05) is 36.8 Å². The number of hydrogen-bond acceptors (Lipinski definition) is 5. The van der Waals surface area contributed by atoms with Gasteiger partial charge in [0.25, 0.3) is 0 Å². The molecule has 134 valence electrons. The summed E-state index contributed by atoms with van der Waals surface area (Å²) in [5.41, 5.74) is 3.34. The maximum absolute atomic E-state index is 5.53. The molecule has 1 saturated heterocycles.